The quantitative estimate of drug-likeness (QED) is 0.809. The van der Waals surface area contributed by atoms with Crippen LogP contribution < -0.4 is 15.4 Å². The number of nitrogens with zero attached hydrogens (tertiary/aromatic N) is 2. The van der Waals surface area contributed by atoms with Gasteiger partial charge in [-0.25, -0.2) is 0 Å². The summed E-state index contributed by atoms with van der Waals surface area (Å²) >= 11 is 0. The van der Waals surface area contributed by atoms with Crippen LogP contribution in [0.3, 0.4) is 0 Å². The molecule has 0 heterocycles. The van der Waals surface area contributed by atoms with E-state index in [1.165, 1.54) is 0 Å². The Morgan fingerprint density at radius 1 is 1.53 bits per heavy atom. The van der Waals surface area contributed by atoms with E-state index in [2.05, 4.69) is 13.0 Å². The lowest BCUT2D eigenvalue weighted by atomic mass is 10.1. The minimum Gasteiger partial charge on any atom is -0.497 e. The van der Waals surface area contributed by atoms with E-state index in [-0.39, 0.29) is 6.54 Å². The average Bonchev–Trinajstić information content (AvgIpc) is 2.42. The lowest BCUT2D eigenvalue weighted by Crippen LogP contribution is -2.35. The highest BCUT2D eigenvalue weighted by Crippen LogP contribution is 2.26. The molecule has 1 aromatic carbocycles. The third kappa shape index (κ3) is 4.18. The Balaban J connectivity index is 3.11. The third-order valence-electron chi connectivity index (χ3n) is 2.79. The van der Waals surface area contributed by atoms with Crippen molar-refractivity contribution in [3.63, 3.8) is 0 Å². The molecular formula is C14H19N3O2. The van der Waals surface area contributed by atoms with Gasteiger partial charge in [0, 0.05) is 12.6 Å². The number of nitrogens with two attached hydrogens (primary N) is 1. The molecule has 0 saturated carbocycles. The van der Waals surface area contributed by atoms with E-state index in [4.69, 9.17) is 15.7 Å². The SMILES string of the molecule is CCCCN(CC(N)=O)c1cc(OC)ccc1C#N. The van der Waals surface area contributed by atoms with Crippen molar-refractivity contribution in [1.82, 2.24) is 0 Å². The van der Waals surface area contributed by atoms with Crippen LogP contribution in [0.2, 0.25) is 0 Å². The standard InChI is InChI=1S/C14H19N3O2/c1-3-4-7-17(10-14(16)18)13-8-12(19-2)6-5-11(13)9-15/h5-6,8H,3-4,7,10H2,1-2H3,(H2,16,18). The molecule has 1 aromatic rings. The average molecular weight is 261 g/mol. The fourth-order valence-electron chi connectivity index (χ4n) is 1.82. The van der Waals surface area contributed by atoms with Gasteiger partial charge < -0.3 is 15.4 Å². The Hall–Kier alpha value is -2.22. The summed E-state index contributed by atoms with van der Waals surface area (Å²) in [4.78, 5) is 13.0. The van der Waals surface area contributed by atoms with Gasteiger partial charge in [0.25, 0.3) is 0 Å². The number of carbonyl (C=O) groups is 1. The first-order valence-electron chi connectivity index (χ1n) is 6.23. The van der Waals surface area contributed by atoms with Crippen molar-refractivity contribution >= 4 is 11.6 Å². The molecule has 102 valence electrons. The zero-order valence-corrected chi connectivity index (χ0v) is 11.3. The molecule has 1 rings (SSSR count). The van der Waals surface area contributed by atoms with Gasteiger partial charge in [-0.1, -0.05) is 13.3 Å². The highest BCUT2D eigenvalue weighted by molar-refractivity contribution is 5.80. The smallest absolute Gasteiger partial charge is 0.236 e. The van der Waals surface area contributed by atoms with Crippen molar-refractivity contribution in [3.05, 3.63) is 23.8 Å². The lowest BCUT2D eigenvalue weighted by Gasteiger charge is -2.24. The first-order valence-corrected chi connectivity index (χ1v) is 6.23. The molecule has 19 heavy (non-hydrogen) atoms. The molecule has 0 spiro atoms. The van der Waals surface area contributed by atoms with Crippen LogP contribution in [-0.2, 0) is 4.79 Å². The molecule has 0 fully saturated rings. The van der Waals surface area contributed by atoms with Crippen LogP contribution in [0.5, 0.6) is 5.75 Å². The molecule has 0 aromatic heterocycles. The number of carbonyl (C=O) groups excluding carboxylic acids is 1. The van der Waals surface area contributed by atoms with Crippen LogP contribution in [0, 0.1) is 11.3 Å². The lowest BCUT2D eigenvalue weighted by molar-refractivity contribution is -0.116. The maximum atomic E-state index is 11.2. The minimum absolute atomic E-state index is 0.0991. The van der Waals surface area contributed by atoms with E-state index in [0.717, 1.165) is 12.8 Å². The highest BCUT2D eigenvalue weighted by Gasteiger charge is 2.14. The van der Waals surface area contributed by atoms with Crippen LogP contribution in [0.25, 0.3) is 0 Å². The predicted octanol–water partition coefficient (Wildman–Crippen LogP) is 1.66. The summed E-state index contributed by atoms with van der Waals surface area (Å²) in [5.74, 6) is 0.239. The number of hydrogen-bond donors (Lipinski definition) is 1. The predicted molar refractivity (Wildman–Crippen MR) is 74.0 cm³/mol. The van der Waals surface area contributed by atoms with Gasteiger partial charge in [0.1, 0.15) is 11.8 Å². The molecule has 5 heteroatoms. The Kier molecular flexibility index (Phi) is 5.68. The number of nitriles is 1. The Morgan fingerprint density at radius 3 is 2.79 bits per heavy atom. The van der Waals surface area contributed by atoms with Gasteiger partial charge in [-0.3, -0.25) is 4.79 Å². The second-order valence-corrected chi connectivity index (χ2v) is 4.24. The molecule has 0 saturated heterocycles. The number of hydrogen-bond acceptors (Lipinski definition) is 4. The second-order valence-electron chi connectivity index (χ2n) is 4.24. The number of rotatable bonds is 7. The zero-order valence-electron chi connectivity index (χ0n) is 11.3. The molecular weight excluding hydrogens is 242 g/mol. The normalized spacial score (nSPS) is 9.74. The number of benzene rings is 1. The first kappa shape index (κ1) is 14.8. The van der Waals surface area contributed by atoms with E-state index >= 15 is 0 Å². The van der Waals surface area contributed by atoms with E-state index in [1.54, 1.807) is 25.3 Å². The van der Waals surface area contributed by atoms with E-state index in [0.29, 0.717) is 23.5 Å². The summed E-state index contributed by atoms with van der Waals surface area (Å²) in [6.07, 6.45) is 1.93. The van der Waals surface area contributed by atoms with Crippen LogP contribution in [0.15, 0.2) is 18.2 Å². The van der Waals surface area contributed by atoms with Gasteiger partial charge in [-0.2, -0.15) is 5.26 Å². The molecule has 0 aliphatic heterocycles. The number of methoxy groups -OCH3 is 1. The van der Waals surface area contributed by atoms with Crippen molar-refractivity contribution in [2.24, 2.45) is 5.73 Å². The molecule has 2 N–H and O–H groups in total. The Morgan fingerprint density at radius 2 is 2.26 bits per heavy atom. The van der Waals surface area contributed by atoms with Crippen LogP contribution in [-0.4, -0.2) is 26.1 Å². The van der Waals surface area contributed by atoms with Crippen molar-refractivity contribution in [1.29, 1.82) is 5.26 Å². The molecule has 5 nitrogen and oxygen atoms in total. The maximum absolute atomic E-state index is 11.2. The third-order valence-corrected chi connectivity index (χ3v) is 2.79. The van der Waals surface area contributed by atoms with Crippen LogP contribution >= 0.6 is 0 Å². The largest absolute Gasteiger partial charge is 0.497 e. The summed E-state index contributed by atoms with van der Waals surface area (Å²) in [5, 5.41) is 9.16. The molecule has 0 aliphatic carbocycles. The summed E-state index contributed by atoms with van der Waals surface area (Å²) in [6.45, 7) is 2.85. The maximum Gasteiger partial charge on any atom is 0.236 e. The topological polar surface area (TPSA) is 79.3 Å². The number of primary amides is 1. The fourth-order valence-corrected chi connectivity index (χ4v) is 1.82. The summed E-state index contributed by atoms with van der Waals surface area (Å²) in [6, 6.07) is 7.30. The minimum atomic E-state index is -0.414. The van der Waals surface area contributed by atoms with Gasteiger partial charge in [0.05, 0.1) is 24.9 Å². The molecule has 0 radical (unpaired) electrons. The van der Waals surface area contributed by atoms with Crippen molar-refractivity contribution in [2.45, 2.75) is 19.8 Å². The van der Waals surface area contributed by atoms with Crippen LogP contribution in [0.4, 0.5) is 5.69 Å². The first-order chi connectivity index (χ1) is 9.12. The molecule has 1 amide bonds. The zero-order chi connectivity index (χ0) is 14.3. The number of ether oxygens (including phenoxy) is 1. The van der Waals surface area contributed by atoms with Gasteiger partial charge in [0.15, 0.2) is 0 Å². The van der Waals surface area contributed by atoms with Crippen molar-refractivity contribution in [3.8, 4) is 11.8 Å². The molecule has 0 unspecified atom stereocenters. The number of unbranched alkanes of at least 4 members (excludes halogenated alkanes) is 1. The van der Waals surface area contributed by atoms with Crippen molar-refractivity contribution in [2.75, 3.05) is 25.1 Å². The Bertz CT molecular complexity index is 480. The molecule has 0 atom stereocenters. The van der Waals surface area contributed by atoms with Gasteiger partial charge in [-0.15, -0.1) is 0 Å². The molecule has 0 aliphatic rings. The molecule has 0 bridgehead atoms. The van der Waals surface area contributed by atoms with Crippen molar-refractivity contribution < 1.29 is 9.53 Å². The summed E-state index contributed by atoms with van der Waals surface area (Å²) in [7, 11) is 1.57. The summed E-state index contributed by atoms with van der Waals surface area (Å²) < 4.78 is 5.16. The number of amides is 1. The highest BCUT2D eigenvalue weighted by atomic mass is 16.5. The van der Waals surface area contributed by atoms with Gasteiger partial charge in [-0.05, 0) is 18.6 Å². The monoisotopic (exact) mass is 261 g/mol. The van der Waals surface area contributed by atoms with Crippen LogP contribution in [0.1, 0.15) is 25.3 Å². The van der Waals surface area contributed by atoms with E-state index in [9.17, 15) is 4.79 Å². The number of anilines is 1. The fraction of sp³-hybridized carbons (Fsp3) is 0.429. The second kappa shape index (κ2) is 7.27. The Labute approximate surface area is 113 Å². The van der Waals surface area contributed by atoms with E-state index < -0.39 is 5.91 Å². The summed E-state index contributed by atoms with van der Waals surface area (Å²) in [5.41, 5.74) is 6.47. The van der Waals surface area contributed by atoms with Gasteiger partial charge >= 0.3 is 0 Å². The van der Waals surface area contributed by atoms with E-state index in [1.807, 2.05) is 4.90 Å². The van der Waals surface area contributed by atoms with Gasteiger partial charge in [0.2, 0.25) is 5.91 Å².